The lowest BCUT2D eigenvalue weighted by Gasteiger charge is -2.51. The number of carbonyl (C=O) groups excluding carboxylic acids is 1. The molecule has 5 nitrogen and oxygen atoms in total. The van der Waals surface area contributed by atoms with Crippen molar-refractivity contribution in [3.05, 3.63) is 0 Å². The minimum absolute atomic E-state index is 0.0311. The highest BCUT2D eigenvalue weighted by Crippen LogP contribution is 2.62. The number of nitrogens with zero attached hydrogens (tertiary/aromatic N) is 1. The van der Waals surface area contributed by atoms with Gasteiger partial charge in [0.2, 0.25) is 0 Å². The summed E-state index contributed by atoms with van der Waals surface area (Å²) in [4.78, 5) is 15.4. The first-order valence-electron chi connectivity index (χ1n) is 13.3. The standard InChI is InChI=1S/C26H46N2O3/c1-4-6-13-28(14-7-5-2)15-9-12-27-18-21-20-16-23-25(3,17-22(20)31-24(21)29)10-8-11-26(23)19-30-26/h20-23,27H,4-19H2,1-3H3/t20-,21-,22-,23+,25-,26+/m0/s1. The van der Waals surface area contributed by atoms with Gasteiger partial charge in [-0.05, 0) is 88.9 Å². The van der Waals surface area contributed by atoms with Crippen LogP contribution in [0.3, 0.4) is 0 Å². The molecule has 0 aromatic heterocycles. The zero-order chi connectivity index (χ0) is 21.9. The van der Waals surface area contributed by atoms with Crippen LogP contribution in [-0.2, 0) is 14.3 Å². The topological polar surface area (TPSA) is 54.1 Å². The van der Waals surface area contributed by atoms with E-state index >= 15 is 0 Å². The molecule has 2 heterocycles. The Morgan fingerprint density at radius 1 is 1.10 bits per heavy atom. The quantitative estimate of drug-likeness (QED) is 0.280. The molecule has 0 aromatic rings. The third-order valence-corrected chi connectivity index (χ3v) is 8.93. The Bertz CT molecular complexity index is 599. The number of epoxide rings is 1. The smallest absolute Gasteiger partial charge is 0.310 e. The lowest BCUT2D eigenvalue weighted by molar-refractivity contribution is -0.147. The van der Waals surface area contributed by atoms with Crippen molar-refractivity contribution in [3.8, 4) is 0 Å². The molecule has 31 heavy (non-hydrogen) atoms. The maximum absolute atomic E-state index is 12.7. The number of esters is 1. The van der Waals surface area contributed by atoms with Crippen LogP contribution in [0.25, 0.3) is 0 Å². The number of carbonyl (C=O) groups is 1. The van der Waals surface area contributed by atoms with E-state index in [4.69, 9.17) is 9.47 Å². The maximum atomic E-state index is 12.7. The van der Waals surface area contributed by atoms with Crippen LogP contribution in [-0.4, -0.2) is 61.9 Å². The molecule has 0 aromatic carbocycles. The average molecular weight is 435 g/mol. The fourth-order valence-corrected chi connectivity index (χ4v) is 6.97. The molecular weight excluding hydrogens is 388 g/mol. The van der Waals surface area contributed by atoms with Gasteiger partial charge in [0.25, 0.3) is 0 Å². The molecule has 2 aliphatic carbocycles. The van der Waals surface area contributed by atoms with Gasteiger partial charge in [-0.1, -0.05) is 33.6 Å². The minimum atomic E-state index is 0.0311. The van der Waals surface area contributed by atoms with E-state index in [0.29, 0.717) is 17.3 Å². The van der Waals surface area contributed by atoms with Gasteiger partial charge in [-0.3, -0.25) is 4.79 Å². The molecule has 4 rings (SSSR count). The van der Waals surface area contributed by atoms with Crippen molar-refractivity contribution in [1.82, 2.24) is 10.2 Å². The van der Waals surface area contributed by atoms with Crippen LogP contribution in [0.2, 0.25) is 0 Å². The molecule has 5 heteroatoms. The molecule has 6 atom stereocenters. The maximum Gasteiger partial charge on any atom is 0.310 e. The summed E-state index contributed by atoms with van der Waals surface area (Å²) >= 11 is 0. The Labute approximate surface area is 190 Å². The van der Waals surface area contributed by atoms with Gasteiger partial charge in [-0.25, -0.2) is 0 Å². The first kappa shape index (κ1) is 23.5. The van der Waals surface area contributed by atoms with Gasteiger partial charge in [-0.15, -0.1) is 0 Å². The zero-order valence-electron chi connectivity index (χ0n) is 20.3. The van der Waals surface area contributed by atoms with Gasteiger partial charge in [0, 0.05) is 12.5 Å². The number of rotatable bonds is 12. The number of unbranched alkanes of at least 4 members (excludes halogenated alkanes) is 2. The van der Waals surface area contributed by atoms with Crippen LogP contribution in [0, 0.1) is 23.2 Å². The molecule has 1 N–H and O–H groups in total. The summed E-state index contributed by atoms with van der Waals surface area (Å²) in [6.07, 6.45) is 12.3. The zero-order valence-corrected chi connectivity index (χ0v) is 20.3. The average Bonchev–Trinajstić information content (AvgIpc) is 3.45. The van der Waals surface area contributed by atoms with Crippen molar-refractivity contribution in [2.45, 2.75) is 96.7 Å². The Balaban J connectivity index is 1.24. The number of nitrogens with one attached hydrogen (secondary N) is 1. The highest BCUT2D eigenvalue weighted by molar-refractivity contribution is 5.75. The second-order valence-electron chi connectivity index (χ2n) is 11.2. The lowest BCUT2D eigenvalue weighted by atomic mass is 9.53. The lowest BCUT2D eigenvalue weighted by Crippen LogP contribution is -2.51. The van der Waals surface area contributed by atoms with Crippen molar-refractivity contribution >= 4 is 5.97 Å². The second-order valence-corrected chi connectivity index (χ2v) is 11.2. The van der Waals surface area contributed by atoms with E-state index in [1.54, 1.807) is 0 Å². The molecule has 2 aliphatic heterocycles. The molecule has 0 bridgehead atoms. The Hall–Kier alpha value is -0.650. The molecule has 0 amide bonds. The van der Waals surface area contributed by atoms with Crippen LogP contribution in [0.4, 0.5) is 0 Å². The van der Waals surface area contributed by atoms with Crippen molar-refractivity contribution in [2.24, 2.45) is 23.2 Å². The molecule has 178 valence electrons. The van der Waals surface area contributed by atoms with Crippen molar-refractivity contribution in [2.75, 3.05) is 39.3 Å². The van der Waals surface area contributed by atoms with Gasteiger partial charge in [-0.2, -0.15) is 0 Å². The Morgan fingerprint density at radius 2 is 1.81 bits per heavy atom. The summed E-state index contributed by atoms with van der Waals surface area (Å²) in [5.74, 6) is 1.06. The number of hydrogen-bond acceptors (Lipinski definition) is 5. The predicted molar refractivity (Wildman–Crippen MR) is 124 cm³/mol. The largest absolute Gasteiger partial charge is 0.462 e. The fourth-order valence-electron chi connectivity index (χ4n) is 6.97. The first-order valence-corrected chi connectivity index (χ1v) is 13.3. The van der Waals surface area contributed by atoms with E-state index in [0.717, 1.165) is 45.5 Å². The van der Waals surface area contributed by atoms with Crippen LogP contribution in [0.15, 0.2) is 0 Å². The van der Waals surface area contributed by atoms with Crippen molar-refractivity contribution in [1.29, 1.82) is 0 Å². The van der Waals surface area contributed by atoms with Gasteiger partial charge < -0.3 is 19.7 Å². The van der Waals surface area contributed by atoms with E-state index < -0.39 is 0 Å². The van der Waals surface area contributed by atoms with Gasteiger partial charge in [0.15, 0.2) is 0 Å². The monoisotopic (exact) mass is 434 g/mol. The van der Waals surface area contributed by atoms with Crippen LogP contribution in [0.1, 0.15) is 85.0 Å². The third-order valence-electron chi connectivity index (χ3n) is 8.93. The highest BCUT2D eigenvalue weighted by Gasteiger charge is 2.64. The molecule has 2 saturated heterocycles. The van der Waals surface area contributed by atoms with Crippen LogP contribution in [0.5, 0.6) is 0 Å². The van der Waals surface area contributed by atoms with Crippen molar-refractivity contribution in [3.63, 3.8) is 0 Å². The van der Waals surface area contributed by atoms with E-state index in [1.165, 1.54) is 58.0 Å². The van der Waals surface area contributed by atoms with E-state index in [-0.39, 0.29) is 23.6 Å². The third kappa shape index (κ3) is 5.14. The SMILES string of the molecule is CCCCN(CCCC)CCCNC[C@@H]1C(=O)O[C@H]2C[C@]3(C)CCC[C@@]4(CO4)[C@@H]3C[C@H]21. The Morgan fingerprint density at radius 3 is 2.48 bits per heavy atom. The van der Waals surface area contributed by atoms with Gasteiger partial charge in [0.1, 0.15) is 6.10 Å². The summed E-state index contributed by atoms with van der Waals surface area (Å²) in [5, 5.41) is 3.62. The van der Waals surface area contributed by atoms with Crippen LogP contribution < -0.4 is 5.32 Å². The molecule has 0 radical (unpaired) electrons. The number of ether oxygens (including phenoxy) is 2. The molecule has 4 fully saturated rings. The van der Waals surface area contributed by atoms with E-state index in [9.17, 15) is 4.79 Å². The summed E-state index contributed by atoms with van der Waals surface area (Å²) in [5.41, 5.74) is 0.432. The molecule has 1 spiro atoms. The Kier molecular flexibility index (Phi) is 7.65. The summed E-state index contributed by atoms with van der Waals surface area (Å²) in [7, 11) is 0. The highest BCUT2D eigenvalue weighted by atomic mass is 16.6. The van der Waals surface area contributed by atoms with Crippen LogP contribution >= 0.6 is 0 Å². The van der Waals surface area contributed by atoms with E-state index in [1.807, 2.05) is 0 Å². The predicted octanol–water partition coefficient (Wildman–Crippen LogP) is 4.40. The minimum Gasteiger partial charge on any atom is -0.462 e. The first-order chi connectivity index (χ1) is 15.0. The fraction of sp³-hybridized carbons (Fsp3) is 0.962. The molecular formula is C26H46N2O3. The molecule has 4 aliphatic rings. The summed E-state index contributed by atoms with van der Waals surface area (Å²) in [6, 6.07) is 0. The number of fused-ring (bicyclic) bond motifs is 3. The normalized spacial score (nSPS) is 38.9. The van der Waals surface area contributed by atoms with Crippen molar-refractivity contribution < 1.29 is 14.3 Å². The number of hydrogen-bond donors (Lipinski definition) is 1. The molecule has 0 unspecified atom stereocenters. The van der Waals surface area contributed by atoms with Gasteiger partial charge in [0.05, 0.1) is 18.1 Å². The molecule has 2 saturated carbocycles. The van der Waals surface area contributed by atoms with Gasteiger partial charge >= 0.3 is 5.97 Å². The summed E-state index contributed by atoms with van der Waals surface area (Å²) in [6.45, 7) is 13.3. The van der Waals surface area contributed by atoms with E-state index in [2.05, 4.69) is 31.0 Å². The summed E-state index contributed by atoms with van der Waals surface area (Å²) < 4.78 is 12.0. The second kappa shape index (κ2) is 10.1.